The van der Waals surface area contributed by atoms with E-state index in [4.69, 9.17) is 0 Å². The summed E-state index contributed by atoms with van der Waals surface area (Å²) >= 11 is 1.75. The maximum absolute atomic E-state index is 12.2. The minimum Gasteiger partial charge on any atom is -0.346 e. The summed E-state index contributed by atoms with van der Waals surface area (Å²) in [5.41, 5.74) is 4.94. The molecule has 3 rings (SSSR count). The van der Waals surface area contributed by atoms with Crippen LogP contribution in [0.15, 0.2) is 23.0 Å². The second-order valence-corrected chi connectivity index (χ2v) is 7.07. The van der Waals surface area contributed by atoms with E-state index < -0.39 is 0 Å². The zero-order valence-corrected chi connectivity index (χ0v) is 12.5. The smallest absolute Gasteiger partial charge is 0.165 e. The molecule has 0 aliphatic heterocycles. The highest BCUT2D eigenvalue weighted by atomic mass is 32.1. The number of hydrogen-bond acceptors (Lipinski definition) is 2. The molecular formula is C16H19NOS. The summed E-state index contributed by atoms with van der Waals surface area (Å²) in [7, 11) is 0. The molecule has 0 bridgehead atoms. The number of aromatic nitrogens is 1. The van der Waals surface area contributed by atoms with E-state index in [2.05, 4.69) is 42.3 Å². The maximum atomic E-state index is 12.2. The molecule has 0 amide bonds. The van der Waals surface area contributed by atoms with Crippen molar-refractivity contribution in [1.82, 2.24) is 4.57 Å². The first kappa shape index (κ1) is 12.7. The molecule has 19 heavy (non-hydrogen) atoms. The summed E-state index contributed by atoms with van der Waals surface area (Å²) in [5, 5.41) is 4.39. The lowest BCUT2D eigenvalue weighted by Gasteiger charge is -2.29. The van der Waals surface area contributed by atoms with Crippen molar-refractivity contribution in [3.63, 3.8) is 0 Å². The van der Waals surface area contributed by atoms with Gasteiger partial charge >= 0.3 is 0 Å². The van der Waals surface area contributed by atoms with Gasteiger partial charge in [0, 0.05) is 30.4 Å². The van der Waals surface area contributed by atoms with E-state index >= 15 is 0 Å². The molecule has 2 aromatic heterocycles. The van der Waals surface area contributed by atoms with Gasteiger partial charge in [-0.05, 0) is 46.7 Å². The van der Waals surface area contributed by atoms with E-state index in [1.165, 1.54) is 16.8 Å². The number of hydrogen-bond donors (Lipinski definition) is 0. The summed E-state index contributed by atoms with van der Waals surface area (Å²) in [6, 6.07) is 1.99. The van der Waals surface area contributed by atoms with E-state index in [1.807, 2.05) is 6.07 Å². The van der Waals surface area contributed by atoms with Gasteiger partial charge in [-0.2, -0.15) is 11.3 Å². The van der Waals surface area contributed by atoms with Crippen LogP contribution in [0.1, 0.15) is 47.4 Å². The van der Waals surface area contributed by atoms with Gasteiger partial charge in [-0.3, -0.25) is 4.79 Å². The maximum Gasteiger partial charge on any atom is 0.165 e. The van der Waals surface area contributed by atoms with E-state index in [9.17, 15) is 4.79 Å². The summed E-state index contributed by atoms with van der Waals surface area (Å²) < 4.78 is 2.25. The molecule has 1 aliphatic rings. The van der Waals surface area contributed by atoms with Gasteiger partial charge in [0.25, 0.3) is 0 Å². The number of rotatable bonds is 2. The fraction of sp³-hybridized carbons (Fsp3) is 0.438. The molecule has 0 N–H and O–H groups in total. The largest absolute Gasteiger partial charge is 0.346 e. The molecule has 0 radical (unpaired) electrons. The molecule has 2 aromatic rings. The monoisotopic (exact) mass is 273 g/mol. The van der Waals surface area contributed by atoms with Crippen molar-refractivity contribution in [3.8, 4) is 0 Å². The van der Waals surface area contributed by atoms with Gasteiger partial charge in [0.2, 0.25) is 0 Å². The van der Waals surface area contributed by atoms with Gasteiger partial charge in [-0.15, -0.1) is 0 Å². The van der Waals surface area contributed by atoms with Crippen LogP contribution >= 0.6 is 11.3 Å². The van der Waals surface area contributed by atoms with Gasteiger partial charge in [-0.25, -0.2) is 0 Å². The van der Waals surface area contributed by atoms with E-state index in [0.29, 0.717) is 12.2 Å². The van der Waals surface area contributed by atoms with Crippen molar-refractivity contribution in [1.29, 1.82) is 0 Å². The lowest BCUT2D eigenvalue weighted by molar-refractivity contribution is 0.0910. The fourth-order valence-corrected chi connectivity index (χ4v) is 3.73. The summed E-state index contributed by atoms with van der Waals surface area (Å²) in [5.74, 6) is 0.298. The van der Waals surface area contributed by atoms with E-state index in [-0.39, 0.29) is 5.41 Å². The molecule has 0 saturated heterocycles. The van der Waals surface area contributed by atoms with Crippen LogP contribution in [0, 0.1) is 12.3 Å². The highest BCUT2D eigenvalue weighted by Gasteiger charge is 2.32. The molecule has 0 atom stereocenters. The summed E-state index contributed by atoms with van der Waals surface area (Å²) in [6.07, 6.45) is 3.73. The predicted octanol–water partition coefficient (Wildman–Crippen LogP) is 4.06. The van der Waals surface area contributed by atoms with Crippen LogP contribution in [0.2, 0.25) is 0 Å². The predicted molar refractivity (Wildman–Crippen MR) is 79.0 cm³/mol. The number of carbonyl (C=O) groups is 1. The molecule has 100 valence electrons. The van der Waals surface area contributed by atoms with Crippen molar-refractivity contribution < 1.29 is 4.79 Å². The quantitative estimate of drug-likeness (QED) is 0.808. The van der Waals surface area contributed by atoms with Crippen LogP contribution in [0.25, 0.3) is 0 Å². The van der Waals surface area contributed by atoms with Crippen molar-refractivity contribution in [2.75, 3.05) is 0 Å². The average Bonchev–Trinajstić information content (AvgIpc) is 2.87. The lowest BCUT2D eigenvalue weighted by Crippen LogP contribution is -2.28. The Bertz CT molecular complexity index is 633. The van der Waals surface area contributed by atoms with Crippen LogP contribution in [-0.4, -0.2) is 10.4 Å². The van der Waals surface area contributed by atoms with E-state index in [0.717, 1.165) is 18.5 Å². The van der Waals surface area contributed by atoms with Gasteiger partial charge < -0.3 is 4.57 Å². The molecular weight excluding hydrogens is 254 g/mol. The first-order valence-corrected chi connectivity index (χ1v) is 7.63. The number of fused-ring (bicyclic) bond motifs is 1. The first-order valence-electron chi connectivity index (χ1n) is 6.69. The molecule has 0 fully saturated rings. The summed E-state index contributed by atoms with van der Waals surface area (Å²) in [6.45, 7) is 7.40. The molecule has 0 saturated carbocycles. The molecule has 1 aliphatic carbocycles. The molecule has 3 heteroatoms. The number of aryl methyl sites for hydroxylation is 1. The second kappa shape index (κ2) is 4.34. The Hall–Kier alpha value is -1.35. The number of Topliss-reactive ketones (excluding diaryl/α,β-unsaturated/α-hetero) is 1. The van der Waals surface area contributed by atoms with Gasteiger partial charge in [0.05, 0.1) is 0 Å². The Morgan fingerprint density at radius 1 is 1.32 bits per heavy atom. The van der Waals surface area contributed by atoms with Crippen LogP contribution in [0.4, 0.5) is 0 Å². The average molecular weight is 273 g/mol. The Morgan fingerprint density at radius 2 is 2.11 bits per heavy atom. The third-order valence-electron chi connectivity index (χ3n) is 3.97. The lowest BCUT2D eigenvalue weighted by atomic mass is 9.76. The van der Waals surface area contributed by atoms with Crippen molar-refractivity contribution >= 4 is 17.1 Å². The van der Waals surface area contributed by atoms with E-state index in [1.54, 1.807) is 11.3 Å². The number of ketones is 1. The standard InChI is InChI=1S/C16H19NOS/c1-11-9-19-10-12(11)8-17-5-4-13-14(17)6-16(2,3)7-15(13)18/h4-5,9-10H,6-8H2,1-3H3. The normalized spacial score (nSPS) is 17.5. The summed E-state index contributed by atoms with van der Waals surface area (Å²) in [4.78, 5) is 12.2. The van der Waals surface area contributed by atoms with Crippen molar-refractivity contribution in [3.05, 3.63) is 45.4 Å². The molecule has 0 aromatic carbocycles. The number of thiophene rings is 1. The zero-order chi connectivity index (χ0) is 13.6. The van der Waals surface area contributed by atoms with Crippen LogP contribution in [0.3, 0.4) is 0 Å². The van der Waals surface area contributed by atoms with Crippen LogP contribution < -0.4 is 0 Å². The Kier molecular flexibility index (Phi) is 2.90. The third-order valence-corrected chi connectivity index (χ3v) is 4.88. The Labute approximate surface area is 118 Å². The Morgan fingerprint density at radius 3 is 2.79 bits per heavy atom. The van der Waals surface area contributed by atoms with Crippen LogP contribution in [0.5, 0.6) is 0 Å². The fourth-order valence-electron chi connectivity index (χ4n) is 2.88. The highest BCUT2D eigenvalue weighted by molar-refractivity contribution is 7.08. The molecule has 2 heterocycles. The molecule has 2 nitrogen and oxygen atoms in total. The van der Waals surface area contributed by atoms with Gasteiger partial charge in [-0.1, -0.05) is 13.8 Å². The number of nitrogens with zero attached hydrogens (tertiary/aromatic N) is 1. The van der Waals surface area contributed by atoms with Crippen molar-refractivity contribution in [2.24, 2.45) is 5.41 Å². The SMILES string of the molecule is Cc1cscc1Cn1ccc2c1CC(C)(C)CC2=O. The third kappa shape index (κ3) is 2.27. The first-order chi connectivity index (χ1) is 8.96. The molecule has 0 spiro atoms. The molecule has 0 unspecified atom stereocenters. The minimum atomic E-state index is 0.0872. The minimum absolute atomic E-state index is 0.0872. The Balaban J connectivity index is 1.97. The second-order valence-electron chi connectivity index (χ2n) is 6.32. The van der Waals surface area contributed by atoms with Crippen LogP contribution in [-0.2, 0) is 13.0 Å². The topological polar surface area (TPSA) is 22.0 Å². The van der Waals surface area contributed by atoms with Crippen molar-refractivity contribution in [2.45, 2.75) is 40.2 Å². The van der Waals surface area contributed by atoms with Gasteiger partial charge in [0.1, 0.15) is 0 Å². The number of carbonyl (C=O) groups excluding carboxylic acids is 1. The zero-order valence-electron chi connectivity index (χ0n) is 11.7. The van der Waals surface area contributed by atoms with Gasteiger partial charge in [0.15, 0.2) is 5.78 Å². The highest BCUT2D eigenvalue weighted by Crippen LogP contribution is 2.35.